The van der Waals surface area contributed by atoms with Crippen LogP contribution in [0.15, 0.2) is 58.3 Å². The molecule has 2 aliphatic rings. The lowest BCUT2D eigenvalue weighted by Gasteiger charge is -2.36. The number of nitrogens with one attached hydrogen (secondary N) is 1. The van der Waals surface area contributed by atoms with Crippen molar-refractivity contribution in [2.75, 3.05) is 27.4 Å². The zero-order valence-corrected chi connectivity index (χ0v) is 19.7. The molecule has 2 unspecified atom stereocenters. The van der Waals surface area contributed by atoms with E-state index in [1.54, 1.807) is 29.5 Å². The molecule has 8 heteroatoms. The highest BCUT2D eigenvalue weighted by Gasteiger charge is 2.41. The number of aromatic hydroxyl groups is 1. The Morgan fingerprint density at radius 1 is 1.21 bits per heavy atom. The van der Waals surface area contributed by atoms with E-state index in [-0.39, 0.29) is 30.7 Å². The van der Waals surface area contributed by atoms with E-state index in [0.717, 1.165) is 5.70 Å². The normalized spacial score (nSPS) is 20.4. The molecule has 174 valence electrons. The Balaban J connectivity index is 1.78. The fraction of sp³-hybridized carbons (Fsp3) is 0.360. The van der Waals surface area contributed by atoms with Crippen LogP contribution in [0.2, 0.25) is 0 Å². The summed E-state index contributed by atoms with van der Waals surface area (Å²) in [7, 11) is 3.00. The standard InChI is InChI=1S/C25H27NO6S/c1-14-22(25(29)32-9-8-30-2)23(15-6-7-20(31-3)18(27)12-15)24-17(26-14)11-16(13-19(24)28)21-5-4-10-33-21/h4-7,10,12,16,23,26-27H,8-9,11,13H2,1-3H3. The van der Waals surface area contributed by atoms with E-state index < -0.39 is 11.9 Å². The first-order valence-corrected chi connectivity index (χ1v) is 11.6. The van der Waals surface area contributed by atoms with Gasteiger partial charge in [0, 0.05) is 47.2 Å². The van der Waals surface area contributed by atoms with Gasteiger partial charge in [-0.05, 0) is 42.5 Å². The maximum atomic E-state index is 13.5. The van der Waals surface area contributed by atoms with Crippen molar-refractivity contribution in [2.45, 2.75) is 31.6 Å². The molecular weight excluding hydrogens is 442 g/mol. The molecule has 1 aromatic heterocycles. The van der Waals surface area contributed by atoms with Gasteiger partial charge < -0.3 is 24.6 Å². The zero-order valence-electron chi connectivity index (χ0n) is 18.8. The van der Waals surface area contributed by atoms with Gasteiger partial charge >= 0.3 is 5.97 Å². The van der Waals surface area contributed by atoms with Crippen LogP contribution in [0.1, 0.15) is 42.0 Å². The number of thiophene rings is 1. The van der Waals surface area contributed by atoms with Crippen molar-refractivity contribution in [1.82, 2.24) is 5.32 Å². The Labute approximate surface area is 196 Å². The Morgan fingerprint density at radius 3 is 2.70 bits per heavy atom. The van der Waals surface area contributed by atoms with E-state index in [1.807, 2.05) is 18.4 Å². The van der Waals surface area contributed by atoms with E-state index in [4.69, 9.17) is 14.2 Å². The van der Waals surface area contributed by atoms with Gasteiger partial charge in [-0.1, -0.05) is 12.1 Å². The predicted octanol–water partition coefficient (Wildman–Crippen LogP) is 4.01. The Hall–Kier alpha value is -3.10. The Kier molecular flexibility index (Phi) is 6.85. The van der Waals surface area contributed by atoms with Gasteiger partial charge in [-0.25, -0.2) is 4.79 Å². The predicted molar refractivity (Wildman–Crippen MR) is 124 cm³/mol. The maximum Gasteiger partial charge on any atom is 0.336 e. The molecule has 1 aliphatic heterocycles. The quantitative estimate of drug-likeness (QED) is 0.467. The third-order valence-electron chi connectivity index (χ3n) is 6.05. The summed E-state index contributed by atoms with van der Waals surface area (Å²) >= 11 is 1.64. The van der Waals surface area contributed by atoms with Crippen LogP contribution in [0.25, 0.3) is 0 Å². The van der Waals surface area contributed by atoms with Crippen LogP contribution < -0.4 is 10.1 Å². The minimum Gasteiger partial charge on any atom is -0.504 e. The van der Waals surface area contributed by atoms with Crippen LogP contribution in [0.4, 0.5) is 0 Å². The summed E-state index contributed by atoms with van der Waals surface area (Å²) < 4.78 is 15.6. The molecule has 33 heavy (non-hydrogen) atoms. The van der Waals surface area contributed by atoms with Crippen molar-refractivity contribution in [2.24, 2.45) is 0 Å². The van der Waals surface area contributed by atoms with E-state index in [0.29, 0.717) is 41.0 Å². The number of phenolic OH excluding ortho intramolecular Hbond substituents is 1. The second-order valence-corrected chi connectivity index (χ2v) is 9.07. The Morgan fingerprint density at radius 2 is 2.03 bits per heavy atom. The lowest BCUT2D eigenvalue weighted by atomic mass is 9.72. The number of ketones is 1. The number of rotatable bonds is 7. The van der Waals surface area contributed by atoms with Gasteiger partial charge in [0.15, 0.2) is 17.3 Å². The number of phenols is 1. The fourth-order valence-electron chi connectivity index (χ4n) is 4.55. The van der Waals surface area contributed by atoms with Crippen LogP contribution in [-0.4, -0.2) is 44.3 Å². The van der Waals surface area contributed by atoms with E-state index in [1.165, 1.54) is 19.1 Å². The van der Waals surface area contributed by atoms with Gasteiger partial charge in [0.25, 0.3) is 0 Å². The molecule has 2 aromatic rings. The smallest absolute Gasteiger partial charge is 0.336 e. The topological polar surface area (TPSA) is 94.1 Å². The molecule has 1 aliphatic carbocycles. The van der Waals surface area contributed by atoms with Crippen molar-refractivity contribution >= 4 is 23.1 Å². The lowest BCUT2D eigenvalue weighted by molar-refractivity contribution is -0.140. The summed E-state index contributed by atoms with van der Waals surface area (Å²) in [6.07, 6.45) is 1.04. The minimum absolute atomic E-state index is 0.0165. The monoisotopic (exact) mass is 469 g/mol. The third-order valence-corrected chi connectivity index (χ3v) is 7.08. The number of allylic oxidation sites excluding steroid dienone is 3. The summed E-state index contributed by atoms with van der Waals surface area (Å²) in [6, 6.07) is 9.00. The highest BCUT2D eigenvalue weighted by Crippen LogP contribution is 2.47. The molecule has 0 amide bonds. The van der Waals surface area contributed by atoms with Crippen molar-refractivity contribution in [3.05, 3.63) is 68.7 Å². The molecule has 7 nitrogen and oxygen atoms in total. The van der Waals surface area contributed by atoms with Gasteiger partial charge in [-0.3, -0.25) is 4.79 Å². The number of esters is 1. The molecule has 4 rings (SSSR count). The second kappa shape index (κ2) is 9.80. The van der Waals surface area contributed by atoms with Crippen LogP contribution in [0, 0.1) is 0 Å². The highest BCUT2D eigenvalue weighted by atomic mass is 32.1. The first kappa shape index (κ1) is 23.1. The number of hydrogen-bond donors (Lipinski definition) is 2. The summed E-state index contributed by atoms with van der Waals surface area (Å²) in [4.78, 5) is 27.8. The first-order chi connectivity index (χ1) is 15.9. The van der Waals surface area contributed by atoms with Gasteiger partial charge in [0.2, 0.25) is 0 Å². The molecule has 0 fully saturated rings. The van der Waals surface area contributed by atoms with E-state index >= 15 is 0 Å². The average molecular weight is 470 g/mol. The summed E-state index contributed by atoms with van der Waals surface area (Å²) in [5.41, 5.74) is 2.99. The number of hydrogen-bond acceptors (Lipinski definition) is 8. The average Bonchev–Trinajstić information content (AvgIpc) is 3.33. The molecule has 0 bridgehead atoms. The number of ether oxygens (including phenoxy) is 3. The van der Waals surface area contributed by atoms with Gasteiger partial charge in [-0.2, -0.15) is 0 Å². The number of Topliss-reactive ketones (excluding diaryl/α,β-unsaturated/α-hetero) is 1. The molecule has 0 saturated carbocycles. The summed E-state index contributed by atoms with van der Waals surface area (Å²) in [5.74, 6) is -0.824. The molecule has 2 heterocycles. The van der Waals surface area contributed by atoms with Crippen LogP contribution in [-0.2, 0) is 19.1 Å². The fourth-order valence-corrected chi connectivity index (χ4v) is 5.38. The zero-order chi connectivity index (χ0) is 23.5. The second-order valence-electron chi connectivity index (χ2n) is 8.09. The van der Waals surface area contributed by atoms with E-state index in [9.17, 15) is 14.7 Å². The van der Waals surface area contributed by atoms with Crippen LogP contribution in [0.3, 0.4) is 0 Å². The first-order valence-electron chi connectivity index (χ1n) is 10.7. The number of carbonyl (C=O) groups is 2. The highest BCUT2D eigenvalue weighted by molar-refractivity contribution is 7.10. The molecule has 0 spiro atoms. The molecular formula is C25H27NO6S. The minimum atomic E-state index is -0.648. The maximum absolute atomic E-state index is 13.5. The lowest BCUT2D eigenvalue weighted by Crippen LogP contribution is -2.36. The summed E-state index contributed by atoms with van der Waals surface area (Å²) in [5, 5.41) is 15.8. The van der Waals surface area contributed by atoms with Crippen molar-refractivity contribution in [1.29, 1.82) is 0 Å². The van der Waals surface area contributed by atoms with Crippen molar-refractivity contribution < 1.29 is 28.9 Å². The van der Waals surface area contributed by atoms with Gasteiger partial charge in [-0.15, -0.1) is 11.3 Å². The van der Waals surface area contributed by atoms with Crippen LogP contribution >= 0.6 is 11.3 Å². The van der Waals surface area contributed by atoms with Crippen LogP contribution in [0.5, 0.6) is 11.5 Å². The van der Waals surface area contributed by atoms with Gasteiger partial charge in [0.05, 0.1) is 19.3 Å². The van der Waals surface area contributed by atoms with Crippen molar-refractivity contribution in [3.8, 4) is 11.5 Å². The number of carbonyl (C=O) groups excluding carboxylic acids is 2. The SMILES string of the molecule is COCCOC(=O)C1=C(C)NC2=C(C(=O)CC(c3cccs3)C2)C1c1ccc(OC)c(O)c1. The molecule has 1 aromatic carbocycles. The Bertz CT molecular complexity index is 1120. The molecule has 0 saturated heterocycles. The molecule has 2 N–H and O–H groups in total. The third kappa shape index (κ3) is 4.54. The van der Waals surface area contributed by atoms with Crippen molar-refractivity contribution in [3.63, 3.8) is 0 Å². The van der Waals surface area contributed by atoms with Gasteiger partial charge in [0.1, 0.15) is 6.61 Å². The number of benzene rings is 1. The molecule has 0 radical (unpaired) electrons. The molecule has 2 atom stereocenters. The van der Waals surface area contributed by atoms with E-state index in [2.05, 4.69) is 11.4 Å². The number of methoxy groups -OCH3 is 2. The number of dihydropyridines is 1. The summed E-state index contributed by atoms with van der Waals surface area (Å²) in [6.45, 7) is 2.19. The largest absolute Gasteiger partial charge is 0.504 e.